The summed E-state index contributed by atoms with van der Waals surface area (Å²) in [5.41, 5.74) is 0.932. The smallest absolute Gasteiger partial charge is 0.157 e. The van der Waals surface area contributed by atoms with Crippen molar-refractivity contribution in [2.75, 3.05) is 13.7 Å². The van der Waals surface area contributed by atoms with Crippen molar-refractivity contribution in [3.63, 3.8) is 0 Å². The molecule has 0 amide bonds. The van der Waals surface area contributed by atoms with E-state index in [1.807, 2.05) is 0 Å². The summed E-state index contributed by atoms with van der Waals surface area (Å²) in [4.78, 5) is 0. The second kappa shape index (κ2) is 6.47. The molecule has 1 aromatic carbocycles. The SMILES string of the molecule is COCC(NCc1ccc(O)c(O)c1)C(C)C. The van der Waals surface area contributed by atoms with Crippen LogP contribution in [-0.2, 0) is 11.3 Å². The molecule has 0 heterocycles. The Morgan fingerprint density at radius 2 is 1.94 bits per heavy atom. The number of phenols is 2. The van der Waals surface area contributed by atoms with E-state index in [1.165, 1.54) is 6.07 Å². The largest absolute Gasteiger partial charge is 0.504 e. The fourth-order valence-electron chi connectivity index (χ4n) is 1.59. The fraction of sp³-hybridized carbons (Fsp3) is 0.538. The summed E-state index contributed by atoms with van der Waals surface area (Å²) in [6.45, 7) is 5.55. The number of hydrogen-bond acceptors (Lipinski definition) is 4. The zero-order valence-corrected chi connectivity index (χ0v) is 10.6. The van der Waals surface area contributed by atoms with Crippen molar-refractivity contribution < 1.29 is 14.9 Å². The summed E-state index contributed by atoms with van der Waals surface area (Å²) in [7, 11) is 1.68. The molecule has 0 aliphatic rings. The van der Waals surface area contributed by atoms with Crippen LogP contribution in [-0.4, -0.2) is 30.0 Å². The number of rotatable bonds is 6. The Morgan fingerprint density at radius 1 is 1.24 bits per heavy atom. The number of ether oxygens (including phenoxy) is 1. The third-order valence-electron chi connectivity index (χ3n) is 2.76. The average Bonchev–Trinajstić information content (AvgIpc) is 2.28. The molecule has 0 bridgehead atoms. The Kier molecular flexibility index (Phi) is 5.25. The van der Waals surface area contributed by atoms with Gasteiger partial charge in [-0.2, -0.15) is 0 Å². The van der Waals surface area contributed by atoms with Gasteiger partial charge in [-0.3, -0.25) is 0 Å². The normalized spacial score (nSPS) is 12.9. The second-order valence-electron chi connectivity index (χ2n) is 4.51. The highest BCUT2D eigenvalue weighted by molar-refractivity contribution is 5.40. The van der Waals surface area contributed by atoms with Gasteiger partial charge >= 0.3 is 0 Å². The first-order valence-corrected chi connectivity index (χ1v) is 5.77. The molecule has 4 nitrogen and oxygen atoms in total. The van der Waals surface area contributed by atoms with Crippen LogP contribution < -0.4 is 5.32 Å². The Labute approximate surface area is 102 Å². The van der Waals surface area contributed by atoms with Crippen LogP contribution in [0, 0.1) is 5.92 Å². The van der Waals surface area contributed by atoms with E-state index in [2.05, 4.69) is 19.2 Å². The van der Waals surface area contributed by atoms with E-state index in [1.54, 1.807) is 19.2 Å². The molecule has 0 saturated carbocycles. The van der Waals surface area contributed by atoms with Crippen LogP contribution in [0.3, 0.4) is 0 Å². The number of methoxy groups -OCH3 is 1. The first kappa shape index (κ1) is 13.8. The summed E-state index contributed by atoms with van der Waals surface area (Å²) >= 11 is 0. The number of nitrogens with one attached hydrogen (secondary N) is 1. The minimum atomic E-state index is -0.0916. The maximum Gasteiger partial charge on any atom is 0.157 e. The van der Waals surface area contributed by atoms with E-state index in [0.29, 0.717) is 19.1 Å². The van der Waals surface area contributed by atoms with Crippen molar-refractivity contribution >= 4 is 0 Å². The van der Waals surface area contributed by atoms with E-state index < -0.39 is 0 Å². The lowest BCUT2D eigenvalue weighted by Gasteiger charge is -2.21. The third-order valence-corrected chi connectivity index (χ3v) is 2.76. The van der Waals surface area contributed by atoms with Crippen LogP contribution in [0.2, 0.25) is 0 Å². The van der Waals surface area contributed by atoms with Gasteiger partial charge in [0, 0.05) is 19.7 Å². The molecule has 1 rings (SSSR count). The van der Waals surface area contributed by atoms with Crippen LogP contribution in [0.25, 0.3) is 0 Å². The van der Waals surface area contributed by atoms with Gasteiger partial charge in [-0.15, -0.1) is 0 Å². The Morgan fingerprint density at radius 3 is 2.47 bits per heavy atom. The minimum Gasteiger partial charge on any atom is -0.504 e. The van der Waals surface area contributed by atoms with E-state index in [9.17, 15) is 10.2 Å². The summed E-state index contributed by atoms with van der Waals surface area (Å²) in [5.74, 6) is 0.295. The van der Waals surface area contributed by atoms with Crippen molar-refractivity contribution in [3.8, 4) is 11.5 Å². The van der Waals surface area contributed by atoms with Gasteiger partial charge < -0.3 is 20.3 Å². The highest BCUT2D eigenvalue weighted by atomic mass is 16.5. The lowest BCUT2D eigenvalue weighted by Crippen LogP contribution is -2.37. The molecule has 0 aliphatic carbocycles. The molecular formula is C13H21NO3. The molecule has 0 saturated heterocycles. The highest BCUT2D eigenvalue weighted by Gasteiger charge is 2.12. The first-order chi connectivity index (χ1) is 8.04. The van der Waals surface area contributed by atoms with Gasteiger partial charge in [-0.25, -0.2) is 0 Å². The Bertz CT molecular complexity index is 353. The quantitative estimate of drug-likeness (QED) is 0.663. The predicted molar refractivity (Wildman–Crippen MR) is 67.1 cm³/mol. The van der Waals surface area contributed by atoms with Gasteiger partial charge in [0.05, 0.1) is 6.61 Å². The molecule has 4 heteroatoms. The van der Waals surface area contributed by atoms with Crippen LogP contribution in [0.5, 0.6) is 11.5 Å². The Hall–Kier alpha value is -1.26. The fourth-order valence-corrected chi connectivity index (χ4v) is 1.59. The molecule has 1 atom stereocenters. The predicted octanol–water partition coefficient (Wildman–Crippen LogP) is 1.86. The second-order valence-corrected chi connectivity index (χ2v) is 4.51. The lowest BCUT2D eigenvalue weighted by molar-refractivity contribution is 0.146. The van der Waals surface area contributed by atoms with Gasteiger partial charge in [0.25, 0.3) is 0 Å². The molecule has 1 aromatic rings. The molecule has 0 aromatic heterocycles. The minimum absolute atomic E-state index is 0.0860. The third kappa shape index (κ3) is 4.24. The van der Waals surface area contributed by atoms with E-state index >= 15 is 0 Å². The summed E-state index contributed by atoms with van der Waals surface area (Å²) in [6, 6.07) is 5.11. The molecule has 17 heavy (non-hydrogen) atoms. The molecule has 0 fully saturated rings. The number of benzene rings is 1. The maximum atomic E-state index is 9.38. The molecule has 0 aliphatic heterocycles. The van der Waals surface area contributed by atoms with E-state index in [4.69, 9.17) is 4.74 Å². The molecule has 0 radical (unpaired) electrons. The van der Waals surface area contributed by atoms with Crippen molar-refractivity contribution in [2.45, 2.75) is 26.4 Å². The number of phenolic OH excluding ortho intramolecular Hbond substituents is 2. The molecular weight excluding hydrogens is 218 g/mol. The zero-order valence-electron chi connectivity index (χ0n) is 10.6. The van der Waals surface area contributed by atoms with Crippen molar-refractivity contribution in [1.82, 2.24) is 5.32 Å². The summed E-state index contributed by atoms with van der Waals surface area (Å²) in [6.07, 6.45) is 0. The number of hydrogen-bond donors (Lipinski definition) is 3. The van der Waals surface area contributed by atoms with Gasteiger partial charge in [0.15, 0.2) is 11.5 Å². The maximum absolute atomic E-state index is 9.38. The summed E-state index contributed by atoms with van der Waals surface area (Å²) in [5, 5.41) is 21.9. The molecule has 0 spiro atoms. The van der Waals surface area contributed by atoms with Crippen LogP contribution >= 0.6 is 0 Å². The van der Waals surface area contributed by atoms with Crippen molar-refractivity contribution in [2.24, 2.45) is 5.92 Å². The van der Waals surface area contributed by atoms with Crippen LogP contribution in [0.1, 0.15) is 19.4 Å². The number of aromatic hydroxyl groups is 2. The van der Waals surface area contributed by atoms with Crippen LogP contribution in [0.4, 0.5) is 0 Å². The van der Waals surface area contributed by atoms with Gasteiger partial charge in [0.2, 0.25) is 0 Å². The van der Waals surface area contributed by atoms with Crippen molar-refractivity contribution in [3.05, 3.63) is 23.8 Å². The van der Waals surface area contributed by atoms with Gasteiger partial charge in [-0.1, -0.05) is 19.9 Å². The monoisotopic (exact) mass is 239 g/mol. The van der Waals surface area contributed by atoms with Crippen molar-refractivity contribution in [1.29, 1.82) is 0 Å². The first-order valence-electron chi connectivity index (χ1n) is 5.77. The molecule has 3 N–H and O–H groups in total. The average molecular weight is 239 g/mol. The zero-order chi connectivity index (χ0) is 12.8. The molecule has 96 valence electrons. The topological polar surface area (TPSA) is 61.7 Å². The lowest BCUT2D eigenvalue weighted by atomic mass is 10.0. The Balaban J connectivity index is 2.56. The highest BCUT2D eigenvalue weighted by Crippen LogP contribution is 2.24. The van der Waals surface area contributed by atoms with E-state index in [-0.39, 0.29) is 17.5 Å². The van der Waals surface area contributed by atoms with Gasteiger partial charge in [0.1, 0.15) is 0 Å². The standard InChI is InChI=1S/C13H21NO3/c1-9(2)11(8-17-3)14-7-10-4-5-12(15)13(16)6-10/h4-6,9,11,14-16H,7-8H2,1-3H3. The van der Waals surface area contributed by atoms with Crippen LogP contribution in [0.15, 0.2) is 18.2 Å². The summed E-state index contributed by atoms with van der Waals surface area (Å²) < 4.78 is 5.14. The van der Waals surface area contributed by atoms with Gasteiger partial charge in [-0.05, 0) is 23.6 Å². The molecule has 1 unspecified atom stereocenters. The van der Waals surface area contributed by atoms with E-state index in [0.717, 1.165) is 5.56 Å².